The van der Waals surface area contributed by atoms with Gasteiger partial charge in [0.25, 0.3) is 0 Å². The van der Waals surface area contributed by atoms with E-state index in [1.54, 1.807) is 0 Å². The van der Waals surface area contributed by atoms with Crippen molar-refractivity contribution in [1.82, 2.24) is 0 Å². The zero-order chi connectivity index (χ0) is 19.4. The number of Topliss-reactive ketones (excluding diaryl/α,β-unsaturated/α-hetero) is 1. The van der Waals surface area contributed by atoms with E-state index >= 15 is 0 Å². The van der Waals surface area contributed by atoms with Crippen molar-refractivity contribution in [3.05, 3.63) is 114 Å². The Balaban J connectivity index is 1.53. The predicted molar refractivity (Wildman–Crippen MR) is 119 cm³/mol. The maximum Gasteiger partial charge on any atom is 0.167 e. The third kappa shape index (κ3) is 2.44. The molecule has 0 aromatic heterocycles. The van der Waals surface area contributed by atoms with Crippen molar-refractivity contribution in [3.63, 3.8) is 0 Å². The topological polar surface area (TPSA) is 17.1 Å². The Hall–Kier alpha value is -3.45. The molecule has 0 saturated carbocycles. The Bertz CT molecular complexity index is 1300. The van der Waals surface area contributed by atoms with Crippen LogP contribution in [0, 0.1) is 5.92 Å². The molecule has 0 N–H and O–H groups in total. The molecule has 138 valence electrons. The molecule has 0 aliphatic heterocycles. The van der Waals surface area contributed by atoms with Crippen LogP contribution in [0.25, 0.3) is 27.5 Å². The van der Waals surface area contributed by atoms with Crippen LogP contribution >= 0.6 is 0 Å². The number of ketones is 1. The van der Waals surface area contributed by atoms with Gasteiger partial charge in [0.15, 0.2) is 5.78 Å². The summed E-state index contributed by atoms with van der Waals surface area (Å²) in [6.45, 7) is 0. The van der Waals surface area contributed by atoms with Gasteiger partial charge in [-0.2, -0.15) is 0 Å². The highest BCUT2D eigenvalue weighted by Gasteiger charge is 2.44. The summed E-state index contributed by atoms with van der Waals surface area (Å²) in [5.74, 6) is 0.506. The molecule has 29 heavy (non-hydrogen) atoms. The van der Waals surface area contributed by atoms with Crippen molar-refractivity contribution in [2.24, 2.45) is 5.92 Å². The van der Waals surface area contributed by atoms with Gasteiger partial charge >= 0.3 is 0 Å². The highest BCUT2D eigenvalue weighted by molar-refractivity contribution is 6.10. The van der Waals surface area contributed by atoms with E-state index in [4.69, 9.17) is 0 Å². The van der Waals surface area contributed by atoms with Gasteiger partial charge in [0.1, 0.15) is 0 Å². The average Bonchev–Trinajstić information content (AvgIpc) is 3.33. The van der Waals surface area contributed by atoms with Gasteiger partial charge in [0, 0.05) is 17.4 Å². The fourth-order valence-corrected chi connectivity index (χ4v) is 5.19. The molecule has 1 heteroatoms. The molecule has 1 nitrogen and oxygen atoms in total. The molecule has 0 fully saturated rings. The lowest BCUT2D eigenvalue weighted by atomic mass is 9.84. The molecular weight excluding hydrogens is 352 g/mol. The molecule has 0 saturated heterocycles. The normalized spacial score (nSPS) is 19.9. The van der Waals surface area contributed by atoms with Gasteiger partial charge in [-0.05, 0) is 57.2 Å². The third-order valence-corrected chi connectivity index (χ3v) is 6.51. The summed E-state index contributed by atoms with van der Waals surface area (Å²) < 4.78 is 0. The van der Waals surface area contributed by atoms with E-state index < -0.39 is 0 Å². The Morgan fingerprint density at radius 2 is 1.31 bits per heavy atom. The molecule has 0 spiro atoms. The van der Waals surface area contributed by atoms with E-state index in [1.165, 1.54) is 33.2 Å². The minimum Gasteiger partial charge on any atom is -0.294 e. The van der Waals surface area contributed by atoms with Gasteiger partial charge in [-0.25, -0.2) is 0 Å². The van der Waals surface area contributed by atoms with E-state index in [0.717, 1.165) is 17.4 Å². The number of rotatable bonds is 2. The van der Waals surface area contributed by atoms with Crippen molar-refractivity contribution in [1.29, 1.82) is 0 Å². The van der Waals surface area contributed by atoms with Gasteiger partial charge in [-0.3, -0.25) is 4.79 Å². The number of allylic oxidation sites excluding steroid dienone is 2. The predicted octanol–water partition coefficient (Wildman–Crippen LogP) is 6.89. The molecule has 0 radical (unpaired) electrons. The maximum absolute atomic E-state index is 13.2. The SMILES string of the molecule is O=C1c2cc3ccccc3cc2[C@@H]2C(c3ccccc3-c3ccccc3)=CC[C@H]12. The van der Waals surface area contributed by atoms with Crippen LogP contribution in [0.15, 0.2) is 97.1 Å². The Morgan fingerprint density at radius 1 is 0.655 bits per heavy atom. The molecule has 2 aliphatic rings. The van der Waals surface area contributed by atoms with E-state index in [9.17, 15) is 4.79 Å². The van der Waals surface area contributed by atoms with Gasteiger partial charge in [0.2, 0.25) is 0 Å². The number of carbonyl (C=O) groups is 1. The monoisotopic (exact) mass is 372 g/mol. The number of benzene rings is 4. The summed E-state index contributed by atoms with van der Waals surface area (Å²) >= 11 is 0. The minimum absolute atomic E-state index is 0.0423. The first-order valence-corrected chi connectivity index (χ1v) is 10.2. The zero-order valence-electron chi connectivity index (χ0n) is 16.0. The summed E-state index contributed by atoms with van der Waals surface area (Å²) in [6.07, 6.45) is 3.13. The third-order valence-electron chi connectivity index (χ3n) is 6.51. The molecule has 0 unspecified atom stereocenters. The second-order valence-corrected chi connectivity index (χ2v) is 8.04. The average molecular weight is 372 g/mol. The first kappa shape index (κ1) is 16.5. The summed E-state index contributed by atoms with van der Waals surface area (Å²) in [4.78, 5) is 13.2. The zero-order valence-corrected chi connectivity index (χ0v) is 16.0. The van der Waals surface area contributed by atoms with Crippen molar-refractivity contribution in [2.75, 3.05) is 0 Å². The van der Waals surface area contributed by atoms with Crippen LogP contribution in [0.5, 0.6) is 0 Å². The minimum atomic E-state index is 0.0423. The molecular formula is C28H20O. The second-order valence-electron chi connectivity index (χ2n) is 8.04. The lowest BCUT2D eigenvalue weighted by molar-refractivity contribution is 0.0936. The van der Waals surface area contributed by atoms with E-state index in [0.29, 0.717) is 5.78 Å². The highest BCUT2D eigenvalue weighted by Crippen LogP contribution is 2.53. The van der Waals surface area contributed by atoms with Crippen LogP contribution in [-0.2, 0) is 0 Å². The molecule has 0 bridgehead atoms. The first-order valence-electron chi connectivity index (χ1n) is 10.2. The number of hydrogen-bond acceptors (Lipinski definition) is 1. The smallest absolute Gasteiger partial charge is 0.167 e. The van der Waals surface area contributed by atoms with Crippen molar-refractivity contribution in [3.8, 4) is 11.1 Å². The van der Waals surface area contributed by atoms with Crippen molar-refractivity contribution < 1.29 is 4.79 Å². The van der Waals surface area contributed by atoms with Gasteiger partial charge < -0.3 is 0 Å². The van der Waals surface area contributed by atoms with Crippen LogP contribution in [-0.4, -0.2) is 5.78 Å². The van der Waals surface area contributed by atoms with E-state index in [-0.39, 0.29) is 11.8 Å². The fourth-order valence-electron chi connectivity index (χ4n) is 5.19. The molecule has 2 atom stereocenters. The molecule has 0 heterocycles. The molecule has 4 aromatic carbocycles. The van der Waals surface area contributed by atoms with E-state index in [2.05, 4.69) is 84.9 Å². The second kappa shape index (κ2) is 6.28. The van der Waals surface area contributed by atoms with Gasteiger partial charge in [-0.1, -0.05) is 84.9 Å². The standard InChI is InChI=1S/C28H20O/c29-28-24-15-14-23(22-13-7-6-12-21(22)18-8-2-1-3-9-18)27(24)25-16-19-10-4-5-11-20(19)17-26(25)28/h1-14,16-17,24,27H,15H2/t24-,27+/m0/s1. The van der Waals surface area contributed by atoms with Crippen LogP contribution in [0.3, 0.4) is 0 Å². The fraction of sp³-hybridized carbons (Fsp3) is 0.107. The lowest BCUT2D eigenvalue weighted by Gasteiger charge is -2.19. The summed E-state index contributed by atoms with van der Waals surface area (Å²) in [5, 5.41) is 2.36. The Labute approximate surface area is 170 Å². The number of hydrogen-bond donors (Lipinski definition) is 0. The van der Waals surface area contributed by atoms with Crippen LogP contribution in [0.1, 0.15) is 33.8 Å². The molecule has 4 aromatic rings. The highest BCUT2D eigenvalue weighted by atomic mass is 16.1. The summed E-state index contributed by atoms with van der Waals surface area (Å²) in [6, 6.07) is 31.8. The Kier molecular flexibility index (Phi) is 3.57. The van der Waals surface area contributed by atoms with E-state index in [1.807, 2.05) is 12.1 Å². The lowest BCUT2D eigenvalue weighted by Crippen LogP contribution is -2.09. The number of carbonyl (C=O) groups excluding carboxylic acids is 1. The largest absolute Gasteiger partial charge is 0.294 e. The molecule has 2 aliphatic carbocycles. The maximum atomic E-state index is 13.2. The summed E-state index contributed by atoms with van der Waals surface area (Å²) in [5.41, 5.74) is 7.13. The molecule has 6 rings (SSSR count). The van der Waals surface area contributed by atoms with Gasteiger partial charge in [-0.15, -0.1) is 0 Å². The van der Waals surface area contributed by atoms with Crippen molar-refractivity contribution in [2.45, 2.75) is 12.3 Å². The first-order chi connectivity index (χ1) is 14.3. The van der Waals surface area contributed by atoms with Crippen molar-refractivity contribution >= 4 is 22.1 Å². The van der Waals surface area contributed by atoms with Crippen LogP contribution in [0.4, 0.5) is 0 Å². The summed E-state index contributed by atoms with van der Waals surface area (Å²) in [7, 11) is 0. The number of fused-ring (bicyclic) bond motifs is 4. The van der Waals surface area contributed by atoms with Crippen LogP contribution < -0.4 is 0 Å². The van der Waals surface area contributed by atoms with Crippen LogP contribution in [0.2, 0.25) is 0 Å². The quantitative estimate of drug-likeness (QED) is 0.374. The Morgan fingerprint density at radius 3 is 2.10 bits per heavy atom. The van der Waals surface area contributed by atoms with Gasteiger partial charge in [0.05, 0.1) is 0 Å². The molecule has 0 amide bonds.